The Morgan fingerprint density at radius 2 is 1.70 bits per heavy atom. The molecule has 2 aromatic rings. The van der Waals surface area contributed by atoms with Crippen molar-refractivity contribution in [2.75, 3.05) is 0 Å². The number of allylic oxidation sites excluding steroid dienone is 1. The van der Waals surface area contributed by atoms with Crippen LogP contribution < -0.4 is 0 Å². The molecule has 3 nitrogen and oxygen atoms in total. The summed E-state index contributed by atoms with van der Waals surface area (Å²) in [4.78, 5) is 0.243. The average Bonchev–Trinajstić information content (AvgIpc) is 2.56. The van der Waals surface area contributed by atoms with E-state index in [-0.39, 0.29) is 4.90 Å². The van der Waals surface area contributed by atoms with Crippen molar-refractivity contribution in [3.8, 4) is 0 Å². The van der Waals surface area contributed by atoms with Crippen LogP contribution in [0.15, 0.2) is 72.1 Å². The number of hydrogen-bond donors (Lipinski definition) is 1. The van der Waals surface area contributed by atoms with E-state index in [0.29, 0.717) is 18.4 Å². The molecule has 4 heteroatoms. The monoisotopic (exact) mass is 330 g/mol. The summed E-state index contributed by atoms with van der Waals surface area (Å²) in [6.45, 7) is 5.56. The zero-order chi connectivity index (χ0) is 16.9. The summed E-state index contributed by atoms with van der Waals surface area (Å²) in [7, 11) is -3.64. The lowest BCUT2D eigenvalue weighted by Gasteiger charge is -2.23. The van der Waals surface area contributed by atoms with E-state index < -0.39 is 21.2 Å². The van der Waals surface area contributed by atoms with Crippen LogP contribution >= 0.6 is 0 Å². The number of aliphatic hydroxyl groups is 1. The maximum Gasteiger partial charge on any atom is 0.184 e. The minimum Gasteiger partial charge on any atom is -0.387 e. The van der Waals surface area contributed by atoms with E-state index in [9.17, 15) is 13.5 Å². The van der Waals surface area contributed by atoms with Crippen molar-refractivity contribution in [2.45, 2.75) is 36.0 Å². The maximum absolute atomic E-state index is 13.0. The van der Waals surface area contributed by atoms with E-state index in [0.717, 1.165) is 5.56 Å². The van der Waals surface area contributed by atoms with Crippen molar-refractivity contribution in [1.29, 1.82) is 0 Å². The number of aryl methyl sites for hydroxylation is 1. The molecule has 122 valence electrons. The molecule has 0 aliphatic carbocycles. The molecule has 0 radical (unpaired) electrons. The highest BCUT2D eigenvalue weighted by molar-refractivity contribution is 7.92. The van der Waals surface area contributed by atoms with E-state index in [1.807, 2.05) is 13.0 Å². The molecular weight excluding hydrogens is 308 g/mol. The highest BCUT2D eigenvalue weighted by Gasteiger charge is 2.34. The molecule has 2 aromatic carbocycles. The van der Waals surface area contributed by atoms with Gasteiger partial charge in [0.15, 0.2) is 9.84 Å². The molecule has 0 aliphatic heterocycles. The summed E-state index contributed by atoms with van der Waals surface area (Å²) in [5.41, 5.74) is 1.60. The van der Waals surface area contributed by atoms with E-state index in [1.165, 1.54) is 0 Å². The average molecular weight is 330 g/mol. The van der Waals surface area contributed by atoms with Crippen molar-refractivity contribution in [2.24, 2.45) is 0 Å². The lowest BCUT2D eigenvalue weighted by molar-refractivity contribution is 0.167. The Bertz CT molecular complexity index is 734. The normalized spacial score (nSPS) is 14.2. The minimum absolute atomic E-state index is 0.243. The van der Waals surface area contributed by atoms with Crippen molar-refractivity contribution in [3.05, 3.63) is 78.4 Å². The van der Waals surface area contributed by atoms with Gasteiger partial charge in [-0.2, -0.15) is 0 Å². The zero-order valence-corrected chi connectivity index (χ0v) is 14.0. The van der Waals surface area contributed by atoms with Crippen LogP contribution in [0.1, 0.15) is 30.1 Å². The summed E-state index contributed by atoms with van der Waals surface area (Å²) < 4.78 is 25.9. The quantitative estimate of drug-likeness (QED) is 0.785. The molecule has 0 saturated carbocycles. The molecule has 0 bridgehead atoms. The van der Waals surface area contributed by atoms with Crippen LogP contribution in [0, 0.1) is 6.92 Å². The van der Waals surface area contributed by atoms with Crippen LogP contribution in [0.5, 0.6) is 0 Å². The van der Waals surface area contributed by atoms with Gasteiger partial charge in [-0.1, -0.05) is 54.1 Å². The summed E-state index contributed by atoms with van der Waals surface area (Å²) in [6.07, 6.45) is 1.47. The molecule has 0 heterocycles. The van der Waals surface area contributed by atoms with Crippen molar-refractivity contribution in [1.82, 2.24) is 0 Å². The smallest absolute Gasteiger partial charge is 0.184 e. The third kappa shape index (κ3) is 4.09. The van der Waals surface area contributed by atoms with E-state index in [1.54, 1.807) is 54.6 Å². The van der Waals surface area contributed by atoms with Gasteiger partial charge in [0.1, 0.15) is 0 Å². The van der Waals surface area contributed by atoms with Gasteiger partial charge < -0.3 is 5.11 Å². The van der Waals surface area contributed by atoms with Crippen LogP contribution in [0.3, 0.4) is 0 Å². The lowest BCUT2D eigenvalue weighted by Crippen LogP contribution is -2.28. The summed E-state index contributed by atoms with van der Waals surface area (Å²) >= 11 is 0. The van der Waals surface area contributed by atoms with Gasteiger partial charge in [0.2, 0.25) is 0 Å². The maximum atomic E-state index is 13.0. The highest BCUT2D eigenvalue weighted by atomic mass is 32.2. The number of aliphatic hydroxyl groups excluding tert-OH is 1. The molecule has 2 rings (SSSR count). The van der Waals surface area contributed by atoms with Gasteiger partial charge in [-0.25, -0.2) is 8.42 Å². The standard InChI is InChI=1S/C19H22O3S/c1-3-4-10-18(19(20)16-8-6-5-7-9-16)23(21,22)17-13-11-15(2)12-14-17/h3,5-9,11-14,18-20H,1,4,10H2,2H3/t18-,19-/m0/s1. The Morgan fingerprint density at radius 1 is 1.09 bits per heavy atom. The number of hydrogen-bond acceptors (Lipinski definition) is 3. The number of benzene rings is 2. The second-order valence-corrected chi connectivity index (χ2v) is 7.78. The molecule has 2 atom stereocenters. The zero-order valence-electron chi connectivity index (χ0n) is 13.2. The molecule has 0 aliphatic rings. The third-order valence-corrected chi connectivity index (χ3v) is 6.12. The third-order valence-electron chi connectivity index (χ3n) is 3.90. The minimum atomic E-state index is -3.64. The fourth-order valence-corrected chi connectivity index (χ4v) is 4.34. The molecule has 0 saturated heterocycles. The SMILES string of the molecule is C=CCC[C@@H]([C@@H](O)c1ccccc1)S(=O)(=O)c1ccc(C)cc1. The highest BCUT2D eigenvalue weighted by Crippen LogP contribution is 2.30. The first-order valence-electron chi connectivity index (χ1n) is 7.61. The van der Waals surface area contributed by atoms with Gasteiger partial charge in [0.25, 0.3) is 0 Å². The first-order valence-corrected chi connectivity index (χ1v) is 9.16. The van der Waals surface area contributed by atoms with Gasteiger partial charge in [-0.3, -0.25) is 0 Å². The lowest BCUT2D eigenvalue weighted by atomic mass is 10.0. The van der Waals surface area contributed by atoms with Gasteiger partial charge >= 0.3 is 0 Å². The Kier molecular flexibility index (Phi) is 5.74. The molecule has 23 heavy (non-hydrogen) atoms. The first kappa shape index (κ1) is 17.4. The van der Waals surface area contributed by atoms with E-state index in [2.05, 4.69) is 6.58 Å². The molecular formula is C19H22O3S. The Balaban J connectivity index is 2.40. The first-order chi connectivity index (χ1) is 11.0. The molecule has 1 N–H and O–H groups in total. The van der Waals surface area contributed by atoms with Crippen molar-refractivity contribution in [3.63, 3.8) is 0 Å². The number of sulfone groups is 1. The van der Waals surface area contributed by atoms with Crippen LogP contribution in [0.4, 0.5) is 0 Å². The molecule has 0 spiro atoms. The van der Waals surface area contributed by atoms with Crippen LogP contribution in [0.25, 0.3) is 0 Å². The predicted octanol–water partition coefficient (Wildman–Crippen LogP) is 3.84. The largest absolute Gasteiger partial charge is 0.387 e. The Morgan fingerprint density at radius 3 is 2.26 bits per heavy atom. The second-order valence-electron chi connectivity index (χ2n) is 5.62. The van der Waals surface area contributed by atoms with Crippen molar-refractivity contribution >= 4 is 9.84 Å². The van der Waals surface area contributed by atoms with Gasteiger partial charge in [-0.15, -0.1) is 6.58 Å². The Labute approximate surface area is 138 Å². The van der Waals surface area contributed by atoms with Gasteiger partial charge in [-0.05, 0) is 37.5 Å². The fraction of sp³-hybridized carbons (Fsp3) is 0.263. The molecule has 0 fully saturated rings. The predicted molar refractivity (Wildman–Crippen MR) is 93.0 cm³/mol. The van der Waals surface area contributed by atoms with Gasteiger partial charge in [0, 0.05) is 0 Å². The van der Waals surface area contributed by atoms with E-state index in [4.69, 9.17) is 0 Å². The van der Waals surface area contributed by atoms with Crippen LogP contribution in [0.2, 0.25) is 0 Å². The molecule has 0 aromatic heterocycles. The topological polar surface area (TPSA) is 54.4 Å². The molecule has 0 unspecified atom stereocenters. The van der Waals surface area contributed by atoms with Crippen molar-refractivity contribution < 1.29 is 13.5 Å². The van der Waals surface area contributed by atoms with Crippen LogP contribution in [-0.2, 0) is 9.84 Å². The summed E-state index contributed by atoms with van der Waals surface area (Å²) in [6, 6.07) is 15.7. The van der Waals surface area contributed by atoms with E-state index >= 15 is 0 Å². The van der Waals surface area contributed by atoms with Crippen LogP contribution in [-0.4, -0.2) is 18.8 Å². The summed E-state index contributed by atoms with van der Waals surface area (Å²) in [5.74, 6) is 0. The summed E-state index contributed by atoms with van der Waals surface area (Å²) in [5, 5.41) is 9.75. The Hall–Kier alpha value is -1.91. The second kappa shape index (κ2) is 7.57. The van der Waals surface area contributed by atoms with Gasteiger partial charge in [0.05, 0.1) is 16.2 Å². The number of rotatable bonds is 7. The fourth-order valence-electron chi connectivity index (χ4n) is 2.53. The molecule has 0 amide bonds.